The van der Waals surface area contributed by atoms with Crippen molar-refractivity contribution in [1.29, 1.82) is 0 Å². The summed E-state index contributed by atoms with van der Waals surface area (Å²) in [5.41, 5.74) is 3.26. The van der Waals surface area contributed by atoms with E-state index in [0.29, 0.717) is 17.3 Å². The van der Waals surface area contributed by atoms with Crippen molar-refractivity contribution in [3.05, 3.63) is 60.2 Å². The zero-order valence-electron chi connectivity index (χ0n) is 18.3. The Morgan fingerprint density at radius 2 is 1.85 bits per heavy atom. The third kappa shape index (κ3) is 4.90. The van der Waals surface area contributed by atoms with Crippen LogP contribution in [0.2, 0.25) is 0 Å². The number of carbonyl (C=O) groups is 2. The number of benzene rings is 1. The number of nitrogens with one attached hydrogen (secondary N) is 3. The van der Waals surface area contributed by atoms with Gasteiger partial charge in [0, 0.05) is 23.7 Å². The zero-order valence-corrected chi connectivity index (χ0v) is 18.3. The van der Waals surface area contributed by atoms with Gasteiger partial charge in [0.05, 0.1) is 11.9 Å². The van der Waals surface area contributed by atoms with Gasteiger partial charge in [-0.3, -0.25) is 9.59 Å². The number of carboxylic acid groups (broad SMARTS) is 1. The summed E-state index contributed by atoms with van der Waals surface area (Å²) in [7, 11) is 0. The molecule has 4 N–H and O–H groups in total. The maximum atomic E-state index is 12.5. The number of amides is 1. The third-order valence-electron chi connectivity index (χ3n) is 6.22. The van der Waals surface area contributed by atoms with E-state index >= 15 is 0 Å². The van der Waals surface area contributed by atoms with Gasteiger partial charge in [0.25, 0.3) is 0 Å². The Hall–Kier alpha value is -4.21. The highest BCUT2D eigenvalue weighted by Gasteiger charge is 2.24. The highest BCUT2D eigenvalue weighted by atomic mass is 16.4. The van der Waals surface area contributed by atoms with Gasteiger partial charge in [-0.1, -0.05) is 17.2 Å². The molecule has 0 saturated heterocycles. The number of aliphatic carboxylic acids is 1. The molecule has 3 heterocycles. The van der Waals surface area contributed by atoms with Crippen molar-refractivity contribution in [2.45, 2.75) is 38.0 Å². The average molecular weight is 460 g/mol. The number of aromatic nitrogens is 4. The van der Waals surface area contributed by atoms with Gasteiger partial charge < -0.3 is 25.1 Å². The Kier molecular flexibility index (Phi) is 5.94. The van der Waals surface area contributed by atoms with Crippen LogP contribution in [0.4, 0.5) is 17.4 Å². The van der Waals surface area contributed by atoms with Gasteiger partial charge in [-0.25, -0.2) is 4.98 Å². The molecule has 1 aromatic carbocycles. The smallest absolute Gasteiger partial charge is 0.320 e. The van der Waals surface area contributed by atoms with E-state index in [0.717, 1.165) is 36.7 Å². The maximum Gasteiger partial charge on any atom is 0.320 e. The molecule has 1 saturated carbocycles. The molecule has 1 fully saturated rings. The largest absolute Gasteiger partial charge is 0.481 e. The van der Waals surface area contributed by atoms with E-state index < -0.39 is 11.9 Å². The molecule has 0 unspecified atom stereocenters. The number of nitrogens with zero attached hydrogens (tertiary/aromatic N) is 3. The maximum absolute atomic E-state index is 12.5. The first-order chi connectivity index (χ1) is 16.5. The highest BCUT2D eigenvalue weighted by Crippen LogP contribution is 2.37. The molecule has 0 atom stereocenters. The fraction of sp³-hybridized carbons (Fsp3) is 0.292. The van der Waals surface area contributed by atoms with Crippen molar-refractivity contribution in [3.8, 4) is 0 Å². The van der Waals surface area contributed by atoms with Gasteiger partial charge in [-0.15, -0.1) is 5.10 Å². The second kappa shape index (κ2) is 9.34. The fourth-order valence-electron chi connectivity index (χ4n) is 4.47. The molecule has 3 aromatic heterocycles. The number of carbonyl (C=O) groups excluding carboxylic acids is 1. The standard InChI is InChI=1S/C24H24N6O4/c31-20(32)11-14-1-3-15(4-2-14)16-5-7-18(8-6-16)27-22(33)23-29-30-24(34-23)28-19-12-17-9-10-25-21(17)26-13-19/h5-10,12-15H,1-4,11H2,(H,25,26)(H,27,33)(H,28,30)(H,31,32). The summed E-state index contributed by atoms with van der Waals surface area (Å²) in [4.78, 5) is 30.7. The summed E-state index contributed by atoms with van der Waals surface area (Å²) < 4.78 is 5.45. The molecule has 0 radical (unpaired) electrons. The van der Waals surface area contributed by atoms with Crippen LogP contribution in [0.15, 0.2) is 53.2 Å². The van der Waals surface area contributed by atoms with E-state index in [1.807, 2.05) is 36.4 Å². The second-order valence-electron chi connectivity index (χ2n) is 8.57. The summed E-state index contributed by atoms with van der Waals surface area (Å²) >= 11 is 0. The van der Waals surface area contributed by atoms with Crippen LogP contribution in [0, 0.1) is 5.92 Å². The second-order valence-corrected chi connectivity index (χ2v) is 8.57. The van der Waals surface area contributed by atoms with Gasteiger partial charge in [-0.05, 0) is 67.3 Å². The predicted molar refractivity (Wildman–Crippen MR) is 125 cm³/mol. The molecular weight excluding hydrogens is 436 g/mol. The first-order valence-electron chi connectivity index (χ1n) is 11.2. The minimum Gasteiger partial charge on any atom is -0.481 e. The molecule has 10 nitrogen and oxygen atoms in total. The molecule has 1 amide bonds. The summed E-state index contributed by atoms with van der Waals surface area (Å²) in [5, 5.41) is 23.3. The summed E-state index contributed by atoms with van der Waals surface area (Å²) in [6.45, 7) is 0. The van der Waals surface area contributed by atoms with Crippen LogP contribution in [0.25, 0.3) is 11.0 Å². The number of hydrogen-bond donors (Lipinski definition) is 4. The molecule has 34 heavy (non-hydrogen) atoms. The minimum absolute atomic E-state index is 0.0932. The summed E-state index contributed by atoms with van der Waals surface area (Å²) in [6.07, 6.45) is 7.50. The third-order valence-corrected chi connectivity index (χ3v) is 6.22. The van der Waals surface area contributed by atoms with Crippen LogP contribution < -0.4 is 10.6 Å². The van der Waals surface area contributed by atoms with Crippen LogP contribution in [-0.2, 0) is 4.79 Å². The lowest BCUT2D eigenvalue weighted by atomic mass is 9.77. The highest BCUT2D eigenvalue weighted by molar-refractivity contribution is 6.00. The van der Waals surface area contributed by atoms with Crippen molar-refractivity contribution in [2.75, 3.05) is 10.6 Å². The van der Waals surface area contributed by atoms with E-state index in [9.17, 15) is 9.59 Å². The molecule has 174 valence electrons. The lowest BCUT2D eigenvalue weighted by molar-refractivity contribution is -0.138. The van der Waals surface area contributed by atoms with Crippen LogP contribution >= 0.6 is 0 Å². The Balaban J connectivity index is 1.16. The molecule has 1 aliphatic carbocycles. The van der Waals surface area contributed by atoms with Gasteiger partial charge in [-0.2, -0.15) is 0 Å². The van der Waals surface area contributed by atoms with Crippen molar-refractivity contribution in [2.24, 2.45) is 5.92 Å². The fourth-order valence-corrected chi connectivity index (χ4v) is 4.47. The monoisotopic (exact) mass is 460 g/mol. The number of hydrogen-bond acceptors (Lipinski definition) is 7. The molecule has 0 spiro atoms. The number of H-pyrrole nitrogens is 1. The van der Waals surface area contributed by atoms with Crippen LogP contribution in [-0.4, -0.2) is 37.1 Å². The molecule has 4 aromatic rings. The van der Waals surface area contributed by atoms with Gasteiger partial charge in [0.2, 0.25) is 0 Å². The predicted octanol–water partition coefficient (Wildman–Crippen LogP) is 4.69. The van der Waals surface area contributed by atoms with Gasteiger partial charge >= 0.3 is 23.8 Å². The van der Waals surface area contributed by atoms with E-state index in [1.54, 1.807) is 12.4 Å². The Morgan fingerprint density at radius 1 is 1.06 bits per heavy atom. The van der Waals surface area contributed by atoms with Crippen LogP contribution in [0.3, 0.4) is 0 Å². The van der Waals surface area contributed by atoms with E-state index in [-0.39, 0.29) is 24.2 Å². The van der Waals surface area contributed by atoms with Gasteiger partial charge in [0.15, 0.2) is 0 Å². The Morgan fingerprint density at radius 3 is 2.62 bits per heavy atom. The number of anilines is 3. The van der Waals surface area contributed by atoms with Crippen molar-refractivity contribution in [1.82, 2.24) is 20.2 Å². The summed E-state index contributed by atoms with van der Waals surface area (Å²) in [6, 6.07) is 11.6. The van der Waals surface area contributed by atoms with Gasteiger partial charge in [0.1, 0.15) is 5.65 Å². The number of pyridine rings is 1. The Labute approximate surface area is 194 Å². The normalized spacial score (nSPS) is 18.0. The molecule has 10 heteroatoms. The number of aromatic amines is 1. The average Bonchev–Trinajstić information content (AvgIpc) is 3.49. The summed E-state index contributed by atoms with van der Waals surface area (Å²) in [5.74, 6) is -0.683. The molecule has 5 rings (SSSR count). The Bertz CT molecular complexity index is 1300. The lowest BCUT2D eigenvalue weighted by Gasteiger charge is -2.28. The first-order valence-corrected chi connectivity index (χ1v) is 11.2. The SMILES string of the molecule is O=C(O)CC1CCC(c2ccc(NC(=O)c3nnc(Nc4cnc5[nH]ccc5c4)o3)cc2)CC1. The van der Waals surface area contributed by atoms with Crippen LogP contribution in [0.1, 0.15) is 54.3 Å². The number of rotatable bonds is 7. The van der Waals surface area contributed by atoms with E-state index in [4.69, 9.17) is 9.52 Å². The lowest BCUT2D eigenvalue weighted by Crippen LogP contribution is -2.16. The van der Waals surface area contributed by atoms with Crippen molar-refractivity contribution in [3.63, 3.8) is 0 Å². The molecule has 0 aliphatic heterocycles. The molecule has 0 bridgehead atoms. The topological polar surface area (TPSA) is 146 Å². The first kappa shape index (κ1) is 21.6. The molecular formula is C24H24N6O4. The van der Waals surface area contributed by atoms with Crippen LogP contribution in [0.5, 0.6) is 0 Å². The van der Waals surface area contributed by atoms with Crippen molar-refractivity contribution >= 4 is 40.3 Å². The van der Waals surface area contributed by atoms with E-state index in [2.05, 4.69) is 30.8 Å². The van der Waals surface area contributed by atoms with E-state index in [1.165, 1.54) is 5.56 Å². The van der Waals surface area contributed by atoms with Crippen molar-refractivity contribution < 1.29 is 19.1 Å². The molecule has 1 aliphatic rings. The zero-order chi connectivity index (χ0) is 23.5. The number of fused-ring (bicyclic) bond motifs is 1. The number of carboxylic acids is 1. The minimum atomic E-state index is -0.720. The quantitative estimate of drug-likeness (QED) is 0.311.